The minimum absolute atomic E-state index is 0.0918. The molecule has 1 aromatic carbocycles. The van der Waals surface area contributed by atoms with Crippen molar-refractivity contribution in [3.05, 3.63) is 40.5 Å². The molecule has 0 bridgehead atoms. The number of nitrogens with zero attached hydrogens (tertiary/aromatic N) is 2. The number of aromatic nitrogens is 2. The lowest BCUT2D eigenvalue weighted by Crippen LogP contribution is -2.06. The molecule has 0 aliphatic carbocycles. The van der Waals surface area contributed by atoms with E-state index in [-0.39, 0.29) is 23.0 Å². The maximum atomic E-state index is 12.2. The van der Waals surface area contributed by atoms with Crippen molar-refractivity contribution < 1.29 is 22.7 Å². The molecule has 9 heteroatoms. The number of fused-ring (bicyclic) bond motifs is 1. The molecule has 0 aliphatic rings. The molecule has 0 fully saturated rings. The number of aldehydes is 1. The molecule has 0 saturated heterocycles. The van der Waals surface area contributed by atoms with E-state index in [1.807, 2.05) is 6.92 Å². The van der Waals surface area contributed by atoms with Crippen molar-refractivity contribution >= 4 is 38.4 Å². The van der Waals surface area contributed by atoms with E-state index in [9.17, 15) is 18.0 Å². The van der Waals surface area contributed by atoms with Gasteiger partial charge in [0, 0.05) is 22.9 Å². The van der Waals surface area contributed by atoms with E-state index < -0.39 is 9.84 Å². The van der Waals surface area contributed by atoms with Crippen molar-refractivity contribution in [1.82, 2.24) is 9.38 Å². The highest BCUT2D eigenvalue weighted by Crippen LogP contribution is 2.32. The monoisotopic (exact) mass is 406 g/mol. The molecule has 2 heterocycles. The van der Waals surface area contributed by atoms with Gasteiger partial charge in [0.05, 0.1) is 17.9 Å². The van der Waals surface area contributed by atoms with Crippen LogP contribution in [-0.2, 0) is 25.8 Å². The Morgan fingerprint density at radius 3 is 2.74 bits per heavy atom. The standard InChI is InChI=1S/C18H18N2O5S2/c1-4-25-16(22)8-12-9-20-14(10-21)17(19-18(20)26-12)13-7-11(2)5-6-15(13)27(3,23)24/h5-7,9-10H,4,8H2,1-3H3. The SMILES string of the molecule is CCOC(=O)Cc1cn2c(C=O)c(-c3cc(C)ccc3S(C)(=O)=O)nc2s1. The van der Waals surface area contributed by atoms with Gasteiger partial charge in [0.1, 0.15) is 11.4 Å². The molecule has 2 aromatic heterocycles. The zero-order valence-corrected chi connectivity index (χ0v) is 16.7. The average molecular weight is 406 g/mol. The fourth-order valence-electron chi connectivity index (χ4n) is 2.81. The summed E-state index contributed by atoms with van der Waals surface area (Å²) in [7, 11) is -3.50. The lowest BCUT2D eigenvalue weighted by molar-refractivity contribution is -0.142. The van der Waals surface area contributed by atoms with Gasteiger partial charge in [0.25, 0.3) is 0 Å². The van der Waals surface area contributed by atoms with Crippen LogP contribution in [0.3, 0.4) is 0 Å². The Hall–Kier alpha value is -2.52. The van der Waals surface area contributed by atoms with Gasteiger partial charge in [-0.25, -0.2) is 13.4 Å². The molecule has 0 saturated carbocycles. The van der Waals surface area contributed by atoms with E-state index in [0.29, 0.717) is 34.0 Å². The highest BCUT2D eigenvalue weighted by molar-refractivity contribution is 7.90. The van der Waals surface area contributed by atoms with Gasteiger partial charge in [-0.15, -0.1) is 11.3 Å². The lowest BCUT2D eigenvalue weighted by atomic mass is 10.1. The molecule has 0 radical (unpaired) electrons. The minimum Gasteiger partial charge on any atom is -0.466 e. The second-order valence-electron chi connectivity index (χ2n) is 6.07. The Morgan fingerprint density at radius 1 is 1.37 bits per heavy atom. The van der Waals surface area contributed by atoms with E-state index in [1.165, 1.54) is 17.4 Å². The first kappa shape index (κ1) is 19.2. The molecule has 3 rings (SSSR count). The van der Waals surface area contributed by atoms with E-state index >= 15 is 0 Å². The van der Waals surface area contributed by atoms with Crippen LogP contribution in [-0.4, -0.2) is 42.9 Å². The fourth-order valence-corrected chi connectivity index (χ4v) is 4.65. The van der Waals surface area contributed by atoms with Crippen LogP contribution >= 0.6 is 11.3 Å². The Labute approximate surface area is 160 Å². The van der Waals surface area contributed by atoms with Crippen molar-refractivity contribution in [2.75, 3.05) is 12.9 Å². The Morgan fingerprint density at radius 2 is 2.11 bits per heavy atom. The zero-order chi connectivity index (χ0) is 19.8. The average Bonchev–Trinajstić information content (AvgIpc) is 3.10. The van der Waals surface area contributed by atoms with Crippen molar-refractivity contribution in [3.8, 4) is 11.3 Å². The van der Waals surface area contributed by atoms with Crippen molar-refractivity contribution in [3.63, 3.8) is 0 Å². The summed E-state index contributed by atoms with van der Waals surface area (Å²) < 4.78 is 30.8. The van der Waals surface area contributed by atoms with Crippen LogP contribution in [0.5, 0.6) is 0 Å². The number of imidazole rings is 1. The molecule has 0 amide bonds. The number of hydrogen-bond acceptors (Lipinski definition) is 7. The van der Waals surface area contributed by atoms with E-state index in [0.717, 1.165) is 11.8 Å². The molecule has 3 aromatic rings. The van der Waals surface area contributed by atoms with E-state index in [2.05, 4.69) is 4.98 Å². The summed E-state index contributed by atoms with van der Waals surface area (Å²) in [4.78, 5) is 29.2. The summed E-state index contributed by atoms with van der Waals surface area (Å²) in [6, 6.07) is 4.93. The van der Waals surface area contributed by atoms with Crippen LogP contribution < -0.4 is 0 Å². The number of ether oxygens (including phenoxy) is 1. The van der Waals surface area contributed by atoms with Crippen molar-refractivity contribution in [2.45, 2.75) is 25.2 Å². The first-order valence-corrected chi connectivity index (χ1v) is 10.9. The smallest absolute Gasteiger partial charge is 0.311 e. The third-order valence-electron chi connectivity index (χ3n) is 3.94. The van der Waals surface area contributed by atoms with Gasteiger partial charge in [-0.3, -0.25) is 14.0 Å². The summed E-state index contributed by atoms with van der Waals surface area (Å²) in [5, 5.41) is 0. The molecule has 142 valence electrons. The summed E-state index contributed by atoms with van der Waals surface area (Å²) in [5.41, 5.74) is 1.80. The third-order valence-corrected chi connectivity index (χ3v) is 6.07. The predicted octanol–water partition coefficient (Wildman–Crippen LogP) is 2.69. The summed E-state index contributed by atoms with van der Waals surface area (Å²) in [6.45, 7) is 3.87. The van der Waals surface area contributed by atoms with Crippen LogP contribution in [0, 0.1) is 6.92 Å². The number of carbonyl (C=O) groups is 2. The molecule has 27 heavy (non-hydrogen) atoms. The summed E-state index contributed by atoms with van der Waals surface area (Å²) in [5.74, 6) is -0.354. The molecule has 7 nitrogen and oxygen atoms in total. The van der Waals surface area contributed by atoms with Gasteiger partial charge in [-0.05, 0) is 26.0 Å². The third kappa shape index (κ3) is 3.79. The first-order valence-electron chi connectivity index (χ1n) is 8.17. The normalized spacial score (nSPS) is 11.7. The second kappa shape index (κ2) is 7.24. The fraction of sp³-hybridized carbons (Fsp3) is 0.278. The minimum atomic E-state index is -3.50. The van der Waals surface area contributed by atoms with Crippen LogP contribution in [0.1, 0.15) is 27.9 Å². The van der Waals surface area contributed by atoms with Gasteiger partial charge < -0.3 is 4.74 Å². The number of sulfone groups is 1. The van der Waals surface area contributed by atoms with E-state index in [1.54, 1.807) is 29.7 Å². The number of thiazole rings is 1. The second-order valence-corrected chi connectivity index (χ2v) is 9.14. The molecule has 0 atom stereocenters. The molecule has 0 unspecified atom stereocenters. The molecule has 0 aliphatic heterocycles. The summed E-state index contributed by atoms with van der Waals surface area (Å²) >= 11 is 1.26. The van der Waals surface area contributed by atoms with Gasteiger partial charge in [-0.2, -0.15) is 0 Å². The number of carbonyl (C=O) groups excluding carboxylic acids is 2. The lowest BCUT2D eigenvalue weighted by Gasteiger charge is -2.08. The Kier molecular flexibility index (Phi) is 5.16. The molecular weight excluding hydrogens is 388 g/mol. The topological polar surface area (TPSA) is 94.8 Å². The van der Waals surface area contributed by atoms with Crippen molar-refractivity contribution in [2.24, 2.45) is 0 Å². The maximum absolute atomic E-state index is 12.2. The zero-order valence-electron chi connectivity index (χ0n) is 15.1. The number of aryl methyl sites for hydroxylation is 1. The largest absolute Gasteiger partial charge is 0.466 e. The highest BCUT2D eigenvalue weighted by Gasteiger charge is 2.22. The number of hydrogen-bond donors (Lipinski definition) is 0. The van der Waals surface area contributed by atoms with Crippen molar-refractivity contribution in [1.29, 1.82) is 0 Å². The van der Waals surface area contributed by atoms with Crippen LogP contribution in [0.2, 0.25) is 0 Å². The quantitative estimate of drug-likeness (QED) is 0.461. The van der Waals surface area contributed by atoms with Crippen LogP contribution in [0.4, 0.5) is 0 Å². The first-order chi connectivity index (χ1) is 12.7. The number of esters is 1. The van der Waals surface area contributed by atoms with E-state index in [4.69, 9.17) is 4.74 Å². The molecule has 0 N–H and O–H groups in total. The molecular formula is C18H18N2O5S2. The van der Waals surface area contributed by atoms with Crippen LogP contribution in [0.15, 0.2) is 29.3 Å². The molecule has 0 spiro atoms. The highest BCUT2D eigenvalue weighted by atomic mass is 32.2. The predicted molar refractivity (Wildman–Crippen MR) is 102 cm³/mol. The van der Waals surface area contributed by atoms with Gasteiger partial charge in [0.15, 0.2) is 21.1 Å². The summed E-state index contributed by atoms with van der Waals surface area (Å²) in [6.07, 6.45) is 3.52. The van der Waals surface area contributed by atoms with Crippen LogP contribution in [0.25, 0.3) is 16.2 Å². The van der Waals surface area contributed by atoms with Gasteiger partial charge in [-0.1, -0.05) is 11.6 Å². The maximum Gasteiger partial charge on any atom is 0.311 e. The number of rotatable bonds is 6. The van der Waals surface area contributed by atoms with Gasteiger partial charge >= 0.3 is 5.97 Å². The number of benzene rings is 1. The Balaban J connectivity index is 2.15. The Bertz CT molecular complexity index is 1140. The van der Waals surface area contributed by atoms with Gasteiger partial charge in [0.2, 0.25) is 0 Å².